The van der Waals surface area contributed by atoms with Crippen molar-refractivity contribution in [2.75, 3.05) is 12.1 Å². The van der Waals surface area contributed by atoms with Gasteiger partial charge in [0.25, 0.3) is 0 Å². The number of hydrogen-bond donors (Lipinski definition) is 2. The van der Waals surface area contributed by atoms with Gasteiger partial charge >= 0.3 is 5.97 Å². The highest BCUT2D eigenvalue weighted by Gasteiger charge is 2.16. The third-order valence-corrected chi connectivity index (χ3v) is 2.94. The Labute approximate surface area is 118 Å². The van der Waals surface area contributed by atoms with Crippen molar-refractivity contribution in [3.63, 3.8) is 0 Å². The highest BCUT2D eigenvalue weighted by molar-refractivity contribution is 6.29. The molecule has 2 N–H and O–H groups in total. The number of halogens is 1. The number of pyridine rings is 1. The standard InChI is InChI=1S/C13H9ClN2O4/c14-11-4-2-8(13(17)18)12(16-11)15-7-1-3-9-10(5-7)20-6-19-9/h1-5H,6H2,(H,15,16)(H,17,18). The van der Waals surface area contributed by atoms with Gasteiger partial charge in [-0.3, -0.25) is 0 Å². The zero-order valence-corrected chi connectivity index (χ0v) is 10.8. The summed E-state index contributed by atoms with van der Waals surface area (Å²) in [5.74, 6) is 0.322. The number of hydrogen-bond acceptors (Lipinski definition) is 5. The number of benzene rings is 1. The van der Waals surface area contributed by atoms with Crippen molar-refractivity contribution < 1.29 is 19.4 Å². The highest BCUT2D eigenvalue weighted by Crippen LogP contribution is 2.35. The fourth-order valence-electron chi connectivity index (χ4n) is 1.81. The molecule has 2 heterocycles. The van der Waals surface area contributed by atoms with Crippen LogP contribution in [-0.4, -0.2) is 22.9 Å². The number of carbonyl (C=O) groups is 1. The van der Waals surface area contributed by atoms with Crippen molar-refractivity contribution in [3.05, 3.63) is 41.0 Å². The average molecular weight is 293 g/mol. The normalized spacial score (nSPS) is 12.2. The molecular formula is C13H9ClN2O4. The van der Waals surface area contributed by atoms with Gasteiger partial charge < -0.3 is 19.9 Å². The molecule has 1 aliphatic rings. The van der Waals surface area contributed by atoms with E-state index in [1.165, 1.54) is 12.1 Å². The second-order valence-electron chi connectivity index (χ2n) is 4.03. The summed E-state index contributed by atoms with van der Waals surface area (Å²) in [5.41, 5.74) is 0.665. The number of rotatable bonds is 3. The van der Waals surface area contributed by atoms with Crippen LogP contribution >= 0.6 is 11.6 Å². The highest BCUT2D eigenvalue weighted by atomic mass is 35.5. The van der Waals surface area contributed by atoms with E-state index in [-0.39, 0.29) is 23.3 Å². The van der Waals surface area contributed by atoms with Crippen LogP contribution in [0.2, 0.25) is 5.15 Å². The number of aromatic nitrogens is 1. The van der Waals surface area contributed by atoms with E-state index in [1.807, 2.05) is 0 Å². The lowest BCUT2D eigenvalue weighted by Gasteiger charge is -2.09. The third-order valence-electron chi connectivity index (χ3n) is 2.73. The molecule has 3 rings (SSSR count). The van der Waals surface area contributed by atoms with Gasteiger partial charge in [0, 0.05) is 11.8 Å². The lowest BCUT2D eigenvalue weighted by Crippen LogP contribution is -2.04. The molecular weight excluding hydrogens is 284 g/mol. The summed E-state index contributed by atoms with van der Waals surface area (Å²) in [6.07, 6.45) is 0. The van der Waals surface area contributed by atoms with Gasteiger partial charge in [0.1, 0.15) is 16.5 Å². The maximum absolute atomic E-state index is 11.1. The molecule has 1 aliphatic heterocycles. The number of carboxylic acid groups (broad SMARTS) is 1. The van der Waals surface area contributed by atoms with E-state index in [9.17, 15) is 4.79 Å². The molecule has 1 aromatic heterocycles. The molecule has 2 aromatic rings. The van der Waals surface area contributed by atoms with Gasteiger partial charge in [0.05, 0.1) is 0 Å². The number of ether oxygens (including phenoxy) is 2. The first kappa shape index (κ1) is 12.6. The molecule has 0 radical (unpaired) electrons. The van der Waals surface area contributed by atoms with Crippen molar-refractivity contribution in [3.8, 4) is 11.5 Å². The van der Waals surface area contributed by atoms with Gasteiger partial charge in [-0.15, -0.1) is 0 Å². The fraction of sp³-hybridized carbons (Fsp3) is 0.0769. The van der Waals surface area contributed by atoms with E-state index >= 15 is 0 Å². The molecule has 1 aromatic carbocycles. The first-order chi connectivity index (χ1) is 9.63. The van der Waals surface area contributed by atoms with Crippen LogP contribution < -0.4 is 14.8 Å². The second kappa shape index (κ2) is 4.90. The van der Waals surface area contributed by atoms with Crippen LogP contribution in [-0.2, 0) is 0 Å². The van der Waals surface area contributed by atoms with Crippen molar-refractivity contribution in [2.24, 2.45) is 0 Å². The number of anilines is 2. The van der Waals surface area contributed by atoms with Gasteiger partial charge in [-0.2, -0.15) is 0 Å². The van der Waals surface area contributed by atoms with Gasteiger partial charge in [0.2, 0.25) is 6.79 Å². The summed E-state index contributed by atoms with van der Waals surface area (Å²) in [4.78, 5) is 15.1. The van der Waals surface area contributed by atoms with E-state index in [0.717, 1.165) is 0 Å². The Morgan fingerprint density at radius 1 is 1.25 bits per heavy atom. The summed E-state index contributed by atoms with van der Waals surface area (Å²) in [7, 11) is 0. The minimum atomic E-state index is -1.09. The summed E-state index contributed by atoms with van der Waals surface area (Å²) >= 11 is 5.79. The van der Waals surface area contributed by atoms with E-state index in [2.05, 4.69) is 10.3 Å². The summed E-state index contributed by atoms with van der Waals surface area (Å²) < 4.78 is 10.5. The predicted molar refractivity (Wildman–Crippen MR) is 72.1 cm³/mol. The number of aromatic carboxylic acids is 1. The lowest BCUT2D eigenvalue weighted by atomic mass is 10.2. The molecule has 102 valence electrons. The molecule has 0 saturated heterocycles. The predicted octanol–water partition coefficient (Wildman–Crippen LogP) is 2.91. The molecule has 0 amide bonds. The number of fused-ring (bicyclic) bond motifs is 1. The van der Waals surface area contributed by atoms with E-state index in [4.69, 9.17) is 26.2 Å². The van der Waals surface area contributed by atoms with Crippen LogP contribution in [0.3, 0.4) is 0 Å². The molecule has 0 spiro atoms. The summed E-state index contributed by atoms with van der Waals surface area (Å²) in [6, 6.07) is 8.00. The Morgan fingerprint density at radius 3 is 2.85 bits per heavy atom. The van der Waals surface area contributed by atoms with Crippen LogP contribution in [0, 0.1) is 0 Å². The van der Waals surface area contributed by atoms with Crippen LogP contribution in [0.15, 0.2) is 30.3 Å². The first-order valence-corrected chi connectivity index (χ1v) is 6.08. The minimum Gasteiger partial charge on any atom is -0.478 e. The van der Waals surface area contributed by atoms with Crippen molar-refractivity contribution in [2.45, 2.75) is 0 Å². The van der Waals surface area contributed by atoms with Crippen LogP contribution in [0.1, 0.15) is 10.4 Å². The number of carboxylic acids is 1. The molecule has 0 bridgehead atoms. The van der Waals surface area contributed by atoms with Gasteiger partial charge in [-0.25, -0.2) is 9.78 Å². The molecule has 0 fully saturated rings. The van der Waals surface area contributed by atoms with E-state index in [1.54, 1.807) is 18.2 Å². The molecule has 7 heteroatoms. The van der Waals surface area contributed by atoms with Crippen LogP contribution in [0.4, 0.5) is 11.5 Å². The second-order valence-corrected chi connectivity index (χ2v) is 4.42. The Hall–Kier alpha value is -2.47. The maximum Gasteiger partial charge on any atom is 0.339 e. The van der Waals surface area contributed by atoms with Gasteiger partial charge in [0.15, 0.2) is 11.5 Å². The maximum atomic E-state index is 11.1. The average Bonchev–Trinajstić information content (AvgIpc) is 2.85. The van der Waals surface area contributed by atoms with E-state index in [0.29, 0.717) is 17.2 Å². The Bertz CT molecular complexity index is 690. The van der Waals surface area contributed by atoms with Crippen molar-refractivity contribution >= 4 is 29.1 Å². The lowest BCUT2D eigenvalue weighted by molar-refractivity contribution is 0.0697. The molecule has 0 atom stereocenters. The largest absolute Gasteiger partial charge is 0.478 e. The molecule has 20 heavy (non-hydrogen) atoms. The number of nitrogens with zero attached hydrogens (tertiary/aromatic N) is 1. The third kappa shape index (κ3) is 2.33. The minimum absolute atomic E-state index is 0.0343. The Balaban J connectivity index is 1.95. The number of nitrogens with one attached hydrogen (secondary N) is 1. The SMILES string of the molecule is O=C(O)c1ccc(Cl)nc1Nc1ccc2c(c1)OCO2. The fourth-order valence-corrected chi connectivity index (χ4v) is 1.96. The van der Waals surface area contributed by atoms with Crippen molar-refractivity contribution in [1.29, 1.82) is 0 Å². The molecule has 0 unspecified atom stereocenters. The monoisotopic (exact) mass is 292 g/mol. The topological polar surface area (TPSA) is 80.7 Å². The van der Waals surface area contributed by atoms with Gasteiger partial charge in [-0.05, 0) is 24.3 Å². The van der Waals surface area contributed by atoms with Crippen LogP contribution in [0.5, 0.6) is 11.5 Å². The molecule has 0 saturated carbocycles. The molecule has 6 nitrogen and oxygen atoms in total. The Kier molecular flexibility index (Phi) is 3.08. The quantitative estimate of drug-likeness (QED) is 0.847. The van der Waals surface area contributed by atoms with E-state index < -0.39 is 5.97 Å². The van der Waals surface area contributed by atoms with Gasteiger partial charge in [-0.1, -0.05) is 11.6 Å². The van der Waals surface area contributed by atoms with Crippen LogP contribution in [0.25, 0.3) is 0 Å². The van der Waals surface area contributed by atoms with Crippen molar-refractivity contribution in [1.82, 2.24) is 4.98 Å². The molecule has 0 aliphatic carbocycles. The smallest absolute Gasteiger partial charge is 0.339 e. The zero-order chi connectivity index (χ0) is 14.1. The first-order valence-electron chi connectivity index (χ1n) is 5.70. The zero-order valence-electron chi connectivity index (χ0n) is 10.1. The summed E-state index contributed by atoms with van der Waals surface area (Å²) in [6.45, 7) is 0.175. The summed E-state index contributed by atoms with van der Waals surface area (Å²) in [5, 5.41) is 12.2. The Morgan fingerprint density at radius 2 is 2.05 bits per heavy atom.